The van der Waals surface area contributed by atoms with E-state index in [0.717, 1.165) is 5.56 Å². The van der Waals surface area contributed by atoms with Crippen molar-refractivity contribution < 1.29 is 9.59 Å². The molecule has 1 aromatic carbocycles. The van der Waals surface area contributed by atoms with E-state index in [1.54, 1.807) is 5.38 Å². The van der Waals surface area contributed by atoms with Gasteiger partial charge in [-0.05, 0) is 43.5 Å². The van der Waals surface area contributed by atoms with Gasteiger partial charge in [-0.15, -0.1) is 11.3 Å². The first-order valence-electron chi connectivity index (χ1n) is 6.65. The summed E-state index contributed by atoms with van der Waals surface area (Å²) in [4.78, 5) is 23.8. The Morgan fingerprint density at radius 2 is 2.00 bits per heavy atom. The van der Waals surface area contributed by atoms with Crippen LogP contribution in [0, 0.1) is 13.8 Å². The van der Waals surface area contributed by atoms with E-state index in [1.807, 2.05) is 39.0 Å². The number of carbonyl (C=O) groups excluding carboxylic acids is 2. The molecular weight excluding hydrogens is 284 g/mol. The van der Waals surface area contributed by atoms with Gasteiger partial charge in [-0.2, -0.15) is 0 Å². The van der Waals surface area contributed by atoms with Crippen LogP contribution in [0.15, 0.2) is 29.6 Å². The lowest BCUT2D eigenvalue weighted by molar-refractivity contribution is 0.0944. The minimum Gasteiger partial charge on any atom is -0.366 e. The predicted molar refractivity (Wildman–Crippen MR) is 84.6 cm³/mol. The van der Waals surface area contributed by atoms with Gasteiger partial charge in [0.05, 0.1) is 16.5 Å². The highest BCUT2D eigenvalue weighted by Crippen LogP contribution is 2.21. The molecule has 0 aliphatic heterocycles. The van der Waals surface area contributed by atoms with E-state index in [0.29, 0.717) is 10.4 Å². The van der Waals surface area contributed by atoms with Gasteiger partial charge in [0.15, 0.2) is 0 Å². The van der Waals surface area contributed by atoms with Gasteiger partial charge in [-0.3, -0.25) is 9.59 Å². The highest BCUT2D eigenvalue weighted by atomic mass is 32.1. The molecule has 1 heterocycles. The fourth-order valence-electron chi connectivity index (χ4n) is 2.17. The van der Waals surface area contributed by atoms with Crippen molar-refractivity contribution >= 4 is 23.2 Å². The number of primary amides is 1. The molecule has 0 spiro atoms. The molecule has 1 atom stereocenters. The van der Waals surface area contributed by atoms with Crippen molar-refractivity contribution in [3.05, 3.63) is 56.8 Å². The fourth-order valence-corrected chi connectivity index (χ4v) is 2.97. The number of aryl methyl sites for hydroxylation is 1. The Bertz CT molecular complexity index is 691. The van der Waals surface area contributed by atoms with Crippen LogP contribution in [-0.4, -0.2) is 11.8 Å². The van der Waals surface area contributed by atoms with Crippen molar-refractivity contribution in [1.29, 1.82) is 0 Å². The molecule has 0 aliphatic rings. The quantitative estimate of drug-likeness (QED) is 0.911. The number of nitrogens with two attached hydrogens (primary N) is 1. The Morgan fingerprint density at radius 3 is 2.62 bits per heavy atom. The van der Waals surface area contributed by atoms with Crippen LogP contribution >= 0.6 is 11.3 Å². The van der Waals surface area contributed by atoms with E-state index in [-0.39, 0.29) is 11.9 Å². The minimum absolute atomic E-state index is 0.100. The Labute approximate surface area is 128 Å². The van der Waals surface area contributed by atoms with Gasteiger partial charge in [-0.25, -0.2) is 0 Å². The Morgan fingerprint density at radius 1 is 1.29 bits per heavy atom. The van der Waals surface area contributed by atoms with Crippen LogP contribution in [0.1, 0.15) is 49.7 Å². The third-order valence-corrected chi connectivity index (χ3v) is 4.50. The van der Waals surface area contributed by atoms with Crippen LogP contribution in [-0.2, 0) is 0 Å². The topological polar surface area (TPSA) is 72.2 Å². The lowest BCUT2D eigenvalue weighted by atomic mass is 9.98. The smallest absolute Gasteiger partial charge is 0.261 e. The first-order valence-corrected chi connectivity index (χ1v) is 7.53. The standard InChI is InChI=1S/C16H18N2O2S/c1-9-5-4-6-13(10(9)2)11(3)18-16(20)14-7-12(8-21-14)15(17)19/h4-8,11H,1-3H3,(H2,17,19)(H,18,20)/t11-/m0/s1. The SMILES string of the molecule is Cc1cccc([C@H](C)NC(=O)c2cc(C(N)=O)cs2)c1C. The largest absolute Gasteiger partial charge is 0.366 e. The van der Waals surface area contributed by atoms with Gasteiger partial charge in [0.1, 0.15) is 0 Å². The first-order chi connectivity index (χ1) is 9.90. The minimum atomic E-state index is -0.520. The average Bonchev–Trinajstić information content (AvgIpc) is 2.91. The average molecular weight is 302 g/mol. The number of thiophene rings is 1. The molecule has 2 aromatic rings. The number of rotatable bonds is 4. The van der Waals surface area contributed by atoms with E-state index in [4.69, 9.17) is 5.73 Å². The zero-order valence-corrected chi connectivity index (χ0v) is 13.1. The van der Waals surface area contributed by atoms with Crippen LogP contribution in [0.3, 0.4) is 0 Å². The van der Waals surface area contributed by atoms with Gasteiger partial charge in [-0.1, -0.05) is 18.2 Å². The van der Waals surface area contributed by atoms with Crippen LogP contribution in [0.2, 0.25) is 0 Å². The van der Waals surface area contributed by atoms with Crippen LogP contribution < -0.4 is 11.1 Å². The van der Waals surface area contributed by atoms with E-state index < -0.39 is 5.91 Å². The normalized spacial score (nSPS) is 12.0. The lowest BCUT2D eigenvalue weighted by Crippen LogP contribution is -2.26. The van der Waals surface area contributed by atoms with Crippen molar-refractivity contribution in [3.63, 3.8) is 0 Å². The van der Waals surface area contributed by atoms with Gasteiger partial charge >= 0.3 is 0 Å². The maximum absolute atomic E-state index is 12.2. The Kier molecular flexibility index (Phi) is 4.43. The number of carbonyl (C=O) groups is 2. The summed E-state index contributed by atoms with van der Waals surface area (Å²) < 4.78 is 0. The molecule has 0 radical (unpaired) electrons. The maximum atomic E-state index is 12.2. The molecule has 5 heteroatoms. The molecule has 0 aliphatic carbocycles. The second-order valence-electron chi connectivity index (χ2n) is 5.05. The van der Waals surface area contributed by atoms with Gasteiger partial charge in [0, 0.05) is 5.38 Å². The number of benzene rings is 1. The van der Waals surface area contributed by atoms with Crippen LogP contribution in [0.25, 0.3) is 0 Å². The molecule has 0 unspecified atom stereocenters. The second-order valence-corrected chi connectivity index (χ2v) is 5.96. The summed E-state index contributed by atoms with van der Waals surface area (Å²) in [6, 6.07) is 7.47. The van der Waals surface area contributed by atoms with Crippen molar-refractivity contribution in [1.82, 2.24) is 5.32 Å². The summed E-state index contributed by atoms with van der Waals surface area (Å²) in [6.07, 6.45) is 0. The van der Waals surface area contributed by atoms with Gasteiger partial charge < -0.3 is 11.1 Å². The van der Waals surface area contributed by atoms with Crippen molar-refractivity contribution in [2.24, 2.45) is 5.73 Å². The van der Waals surface area contributed by atoms with E-state index in [9.17, 15) is 9.59 Å². The highest BCUT2D eigenvalue weighted by Gasteiger charge is 2.16. The van der Waals surface area contributed by atoms with Crippen molar-refractivity contribution in [2.75, 3.05) is 0 Å². The molecule has 4 nitrogen and oxygen atoms in total. The van der Waals surface area contributed by atoms with E-state index in [2.05, 4.69) is 5.32 Å². The molecule has 110 valence electrons. The van der Waals surface area contributed by atoms with E-state index in [1.165, 1.54) is 28.5 Å². The number of hydrogen-bond acceptors (Lipinski definition) is 3. The third-order valence-electron chi connectivity index (χ3n) is 3.57. The van der Waals surface area contributed by atoms with Gasteiger partial charge in [0.2, 0.25) is 5.91 Å². The molecule has 0 saturated heterocycles. The molecule has 2 amide bonds. The lowest BCUT2D eigenvalue weighted by Gasteiger charge is -2.17. The molecule has 0 fully saturated rings. The van der Waals surface area contributed by atoms with Crippen molar-refractivity contribution in [2.45, 2.75) is 26.8 Å². The molecule has 0 bridgehead atoms. The number of hydrogen-bond donors (Lipinski definition) is 2. The zero-order valence-electron chi connectivity index (χ0n) is 12.3. The number of nitrogens with one attached hydrogen (secondary N) is 1. The monoisotopic (exact) mass is 302 g/mol. The summed E-state index contributed by atoms with van der Waals surface area (Å²) in [5.41, 5.74) is 9.02. The fraction of sp³-hybridized carbons (Fsp3) is 0.250. The second kappa shape index (κ2) is 6.10. The van der Waals surface area contributed by atoms with Crippen molar-refractivity contribution in [3.8, 4) is 0 Å². The number of amides is 2. The Balaban J connectivity index is 2.14. The molecule has 1 aromatic heterocycles. The van der Waals surface area contributed by atoms with Crippen LogP contribution in [0.4, 0.5) is 0 Å². The first kappa shape index (κ1) is 15.3. The summed E-state index contributed by atoms with van der Waals surface area (Å²) in [6.45, 7) is 6.04. The zero-order chi connectivity index (χ0) is 15.6. The van der Waals surface area contributed by atoms with Gasteiger partial charge in [0.25, 0.3) is 5.91 Å². The molecule has 0 saturated carbocycles. The molecule has 21 heavy (non-hydrogen) atoms. The summed E-state index contributed by atoms with van der Waals surface area (Å²) in [5, 5.41) is 4.55. The predicted octanol–water partition coefficient (Wildman–Crippen LogP) is 2.95. The Hall–Kier alpha value is -2.14. The highest BCUT2D eigenvalue weighted by molar-refractivity contribution is 7.12. The summed E-state index contributed by atoms with van der Waals surface area (Å²) >= 11 is 1.22. The summed E-state index contributed by atoms with van der Waals surface area (Å²) in [7, 11) is 0. The molecule has 2 rings (SSSR count). The molecule has 3 N–H and O–H groups in total. The molecular formula is C16H18N2O2S. The van der Waals surface area contributed by atoms with E-state index >= 15 is 0 Å². The maximum Gasteiger partial charge on any atom is 0.261 e. The third kappa shape index (κ3) is 3.31. The summed E-state index contributed by atoms with van der Waals surface area (Å²) in [5.74, 6) is -0.714. The van der Waals surface area contributed by atoms with Crippen LogP contribution in [0.5, 0.6) is 0 Å².